The van der Waals surface area contributed by atoms with E-state index in [9.17, 15) is 0 Å². The summed E-state index contributed by atoms with van der Waals surface area (Å²) in [6.45, 7) is 2.27. The normalized spacial score (nSPS) is 13.2. The summed E-state index contributed by atoms with van der Waals surface area (Å²) in [7, 11) is 0. The third-order valence-corrected chi connectivity index (χ3v) is 3.16. The van der Waals surface area contributed by atoms with Crippen LogP contribution >= 0.6 is 0 Å². The monoisotopic (exact) mass is 250 g/mol. The molecule has 19 heavy (non-hydrogen) atoms. The lowest BCUT2D eigenvalue weighted by molar-refractivity contribution is 0.711. The Labute approximate surface area is 114 Å². The largest absolute Gasteiger partial charge is 0.316 e. The molecule has 0 saturated heterocycles. The lowest BCUT2D eigenvalue weighted by Crippen LogP contribution is -2.16. The molecule has 0 amide bonds. The summed E-state index contributed by atoms with van der Waals surface area (Å²) in [4.78, 5) is 0. The summed E-state index contributed by atoms with van der Waals surface area (Å²) in [5, 5.41) is 11.7. The highest BCUT2D eigenvalue weighted by molar-refractivity contribution is 5.28. The van der Waals surface area contributed by atoms with Crippen LogP contribution in [0.25, 0.3) is 0 Å². The van der Waals surface area contributed by atoms with Crippen molar-refractivity contribution in [3.05, 3.63) is 71.3 Å². The Kier molecular flexibility index (Phi) is 5.16. The number of fused-ring (bicyclic) bond motifs is 1. The molecule has 3 rings (SSSR count). The van der Waals surface area contributed by atoms with E-state index >= 15 is 0 Å². The summed E-state index contributed by atoms with van der Waals surface area (Å²) in [6, 6.07) is 19.9. The topological polar surface area (TPSA) is 35.8 Å². The summed E-state index contributed by atoms with van der Waals surface area (Å²) < 4.78 is 0. The first-order valence-corrected chi connectivity index (χ1v) is 6.63. The third-order valence-electron chi connectivity index (χ3n) is 3.16. The van der Waals surface area contributed by atoms with E-state index in [-0.39, 0.29) is 0 Å². The molecule has 96 valence electrons. The van der Waals surface area contributed by atoms with Crippen LogP contribution in [0.15, 0.2) is 54.6 Å². The molecule has 1 aliphatic rings. The van der Waals surface area contributed by atoms with Crippen molar-refractivity contribution in [3.8, 4) is 6.07 Å². The van der Waals surface area contributed by atoms with Crippen molar-refractivity contribution in [2.75, 3.05) is 13.1 Å². The number of nitrogens with one attached hydrogen (secondary N) is 1. The third kappa shape index (κ3) is 4.24. The fraction of sp³-hybridized carbons (Fsp3) is 0.235. The van der Waals surface area contributed by atoms with Gasteiger partial charge in [-0.1, -0.05) is 42.5 Å². The van der Waals surface area contributed by atoms with Crippen LogP contribution in [0.4, 0.5) is 0 Å². The molecule has 2 heteroatoms. The van der Waals surface area contributed by atoms with Gasteiger partial charge in [0.25, 0.3) is 0 Å². The first kappa shape index (κ1) is 13.3. The summed E-state index contributed by atoms with van der Waals surface area (Å²) in [5.74, 6) is 0. The zero-order valence-electron chi connectivity index (χ0n) is 11.0. The molecule has 2 nitrogen and oxygen atoms in total. The molecule has 0 unspecified atom stereocenters. The number of benzene rings is 2. The highest BCUT2D eigenvalue weighted by atomic mass is 14.8. The van der Waals surface area contributed by atoms with Gasteiger partial charge in [-0.3, -0.25) is 0 Å². The van der Waals surface area contributed by atoms with Crippen molar-refractivity contribution in [2.24, 2.45) is 0 Å². The second kappa shape index (κ2) is 7.35. The van der Waals surface area contributed by atoms with E-state index < -0.39 is 0 Å². The van der Waals surface area contributed by atoms with Crippen molar-refractivity contribution < 1.29 is 0 Å². The van der Waals surface area contributed by atoms with Crippen LogP contribution in [0.2, 0.25) is 0 Å². The predicted molar refractivity (Wildman–Crippen MR) is 77.9 cm³/mol. The molecule has 0 radical (unpaired) electrons. The molecule has 2 aromatic rings. The van der Waals surface area contributed by atoms with E-state index in [1.807, 2.05) is 24.3 Å². The van der Waals surface area contributed by atoms with E-state index in [0.29, 0.717) is 5.56 Å². The van der Waals surface area contributed by atoms with E-state index in [4.69, 9.17) is 5.26 Å². The molecule has 0 aromatic heterocycles. The maximum Gasteiger partial charge on any atom is 0.0991 e. The molecular formula is C17H18N2. The molecule has 0 atom stereocenters. The van der Waals surface area contributed by atoms with E-state index in [2.05, 4.69) is 29.6 Å². The van der Waals surface area contributed by atoms with Crippen molar-refractivity contribution in [1.29, 1.82) is 5.26 Å². The van der Waals surface area contributed by atoms with Crippen molar-refractivity contribution in [1.82, 2.24) is 5.32 Å². The number of rotatable bonds is 0. The quantitative estimate of drug-likeness (QED) is 0.780. The average molecular weight is 250 g/mol. The number of hydrogen-bond acceptors (Lipinski definition) is 2. The Balaban J connectivity index is 0.000000148. The minimum Gasteiger partial charge on any atom is -0.316 e. The minimum absolute atomic E-state index is 0.715. The van der Waals surface area contributed by atoms with Crippen LogP contribution < -0.4 is 5.32 Å². The van der Waals surface area contributed by atoms with Gasteiger partial charge in [0, 0.05) is 0 Å². The fourth-order valence-corrected chi connectivity index (χ4v) is 2.13. The second-order valence-corrected chi connectivity index (χ2v) is 4.50. The van der Waals surface area contributed by atoms with Gasteiger partial charge in [-0.25, -0.2) is 0 Å². The summed E-state index contributed by atoms with van der Waals surface area (Å²) >= 11 is 0. The zero-order valence-corrected chi connectivity index (χ0v) is 11.0. The Morgan fingerprint density at radius 3 is 1.79 bits per heavy atom. The summed E-state index contributed by atoms with van der Waals surface area (Å²) in [6.07, 6.45) is 2.38. The van der Waals surface area contributed by atoms with E-state index in [0.717, 1.165) is 13.1 Å². The van der Waals surface area contributed by atoms with Gasteiger partial charge >= 0.3 is 0 Å². The van der Waals surface area contributed by atoms with Crippen LogP contribution in [-0.4, -0.2) is 13.1 Å². The predicted octanol–water partition coefficient (Wildman–Crippen LogP) is 2.93. The smallest absolute Gasteiger partial charge is 0.0991 e. The molecule has 0 bridgehead atoms. The number of nitriles is 1. The lowest BCUT2D eigenvalue weighted by atomic mass is 10.0. The van der Waals surface area contributed by atoms with Gasteiger partial charge < -0.3 is 5.32 Å². The molecule has 0 fully saturated rings. The average Bonchev–Trinajstić information content (AvgIpc) is 2.74. The Hall–Kier alpha value is -2.11. The van der Waals surface area contributed by atoms with E-state index in [1.165, 1.54) is 24.0 Å². The molecule has 2 aromatic carbocycles. The van der Waals surface area contributed by atoms with Crippen molar-refractivity contribution in [3.63, 3.8) is 0 Å². The molecule has 1 heterocycles. The van der Waals surface area contributed by atoms with Crippen LogP contribution in [-0.2, 0) is 12.8 Å². The summed E-state index contributed by atoms with van der Waals surface area (Å²) in [5.41, 5.74) is 3.77. The molecule has 0 aliphatic carbocycles. The van der Waals surface area contributed by atoms with Gasteiger partial charge in [0.05, 0.1) is 11.6 Å². The van der Waals surface area contributed by atoms with Gasteiger partial charge in [0.15, 0.2) is 0 Å². The minimum atomic E-state index is 0.715. The molecule has 1 aliphatic heterocycles. The molecule has 1 N–H and O–H groups in total. The first-order valence-electron chi connectivity index (χ1n) is 6.63. The van der Waals surface area contributed by atoms with Crippen molar-refractivity contribution >= 4 is 0 Å². The highest BCUT2D eigenvalue weighted by Gasteiger charge is 2.04. The Morgan fingerprint density at radius 2 is 1.32 bits per heavy atom. The van der Waals surface area contributed by atoms with Gasteiger partial charge in [-0.15, -0.1) is 0 Å². The number of nitrogens with zero attached hydrogens (tertiary/aromatic N) is 1. The lowest BCUT2D eigenvalue weighted by Gasteiger charge is -2.01. The Bertz CT molecular complexity index is 516. The standard InChI is InChI=1S/C10H13N.C7H5N/c1-2-4-10-6-8-11-7-5-9(10)3-1;8-6-7-4-2-1-3-5-7/h1-4,11H,5-8H2;1-5H. The molecule has 0 saturated carbocycles. The van der Waals surface area contributed by atoms with Gasteiger partial charge in [-0.2, -0.15) is 5.26 Å². The van der Waals surface area contributed by atoms with Crippen molar-refractivity contribution in [2.45, 2.75) is 12.8 Å². The van der Waals surface area contributed by atoms with Crippen LogP contribution in [0.3, 0.4) is 0 Å². The SMILES string of the molecule is N#Cc1ccccc1.c1ccc2c(c1)CCNCC2. The van der Waals surface area contributed by atoms with Crippen LogP contribution in [0.5, 0.6) is 0 Å². The fourth-order valence-electron chi connectivity index (χ4n) is 2.13. The van der Waals surface area contributed by atoms with Gasteiger partial charge in [0.1, 0.15) is 0 Å². The molecule has 0 spiro atoms. The highest BCUT2D eigenvalue weighted by Crippen LogP contribution is 2.11. The van der Waals surface area contributed by atoms with Crippen LogP contribution in [0.1, 0.15) is 16.7 Å². The maximum absolute atomic E-state index is 8.29. The van der Waals surface area contributed by atoms with Crippen LogP contribution in [0, 0.1) is 11.3 Å². The van der Waals surface area contributed by atoms with Gasteiger partial charge in [-0.05, 0) is 49.2 Å². The first-order chi connectivity index (χ1) is 9.40. The maximum atomic E-state index is 8.29. The van der Waals surface area contributed by atoms with E-state index in [1.54, 1.807) is 12.1 Å². The molecular weight excluding hydrogens is 232 g/mol. The second-order valence-electron chi connectivity index (χ2n) is 4.50. The van der Waals surface area contributed by atoms with Gasteiger partial charge in [0.2, 0.25) is 0 Å². The Morgan fingerprint density at radius 1 is 0.789 bits per heavy atom. The zero-order chi connectivity index (χ0) is 13.3. The number of hydrogen-bond donors (Lipinski definition) is 1.